The van der Waals surface area contributed by atoms with E-state index in [9.17, 15) is 14.3 Å². The fourth-order valence-electron chi connectivity index (χ4n) is 4.97. The van der Waals surface area contributed by atoms with Gasteiger partial charge in [-0.2, -0.15) is 0 Å². The van der Waals surface area contributed by atoms with E-state index in [0.717, 1.165) is 29.4 Å². The van der Waals surface area contributed by atoms with Crippen LogP contribution in [0.1, 0.15) is 38.4 Å². The maximum absolute atomic E-state index is 14.2. The topological polar surface area (TPSA) is 71.9 Å². The van der Waals surface area contributed by atoms with Gasteiger partial charge in [-0.1, -0.05) is 0 Å². The van der Waals surface area contributed by atoms with Crippen LogP contribution in [-0.4, -0.2) is 59.0 Å². The fourth-order valence-corrected chi connectivity index (χ4v) is 4.97. The number of hydrogen-bond acceptors (Lipinski definition) is 6. The zero-order valence-corrected chi connectivity index (χ0v) is 17.0. The third-order valence-electron chi connectivity index (χ3n) is 6.54. The summed E-state index contributed by atoms with van der Waals surface area (Å²) >= 11 is 0. The van der Waals surface area contributed by atoms with Gasteiger partial charge in [0.1, 0.15) is 23.6 Å². The maximum atomic E-state index is 14.2. The molecule has 1 aromatic heterocycles. The highest BCUT2D eigenvalue weighted by molar-refractivity contribution is 5.84. The maximum Gasteiger partial charge on any atom is 0.303 e. The van der Waals surface area contributed by atoms with Crippen LogP contribution in [0.3, 0.4) is 0 Å². The van der Waals surface area contributed by atoms with Crippen LogP contribution < -0.4 is 4.74 Å². The van der Waals surface area contributed by atoms with Crippen LogP contribution in [0.5, 0.6) is 5.75 Å². The van der Waals surface area contributed by atoms with Crippen LogP contribution in [0.2, 0.25) is 0 Å². The van der Waals surface area contributed by atoms with Crippen LogP contribution in [-0.2, 0) is 9.53 Å². The lowest BCUT2D eigenvalue weighted by molar-refractivity contribution is -0.187. The molecule has 156 valence electrons. The van der Waals surface area contributed by atoms with Crippen molar-refractivity contribution in [3.05, 3.63) is 36.0 Å². The van der Waals surface area contributed by atoms with Gasteiger partial charge < -0.3 is 14.6 Å². The summed E-state index contributed by atoms with van der Waals surface area (Å²) in [6.07, 6.45) is 1.16. The molecule has 0 amide bonds. The number of halogens is 1. The minimum atomic E-state index is -1.35. The number of benzene rings is 1. The van der Waals surface area contributed by atoms with E-state index < -0.39 is 17.9 Å². The van der Waals surface area contributed by atoms with Gasteiger partial charge in [-0.05, 0) is 56.5 Å². The largest absolute Gasteiger partial charge is 0.497 e. The fraction of sp³-hybridized carbons (Fsp3) is 0.545. The Bertz CT molecular complexity index is 921. The van der Waals surface area contributed by atoms with Crippen LogP contribution in [0, 0.1) is 5.92 Å². The minimum Gasteiger partial charge on any atom is -0.497 e. The van der Waals surface area contributed by atoms with Crippen molar-refractivity contribution < 1.29 is 23.8 Å². The highest BCUT2D eigenvalue weighted by atomic mass is 19.1. The summed E-state index contributed by atoms with van der Waals surface area (Å²) in [6, 6.07) is 7.34. The van der Waals surface area contributed by atoms with Crippen molar-refractivity contribution in [2.75, 3.05) is 20.2 Å². The van der Waals surface area contributed by atoms with E-state index in [4.69, 9.17) is 9.47 Å². The first-order valence-corrected chi connectivity index (χ1v) is 10.0. The first-order valence-electron chi connectivity index (χ1n) is 10.0. The number of carbonyl (C=O) groups is 1. The molecule has 6 atom stereocenters. The monoisotopic (exact) mass is 402 g/mol. The van der Waals surface area contributed by atoms with Gasteiger partial charge in [-0.25, -0.2) is 4.39 Å². The lowest BCUT2D eigenvalue weighted by Gasteiger charge is -2.56. The molecule has 2 aromatic rings. The predicted molar refractivity (Wildman–Crippen MR) is 106 cm³/mol. The molecule has 1 N–H and O–H groups in total. The number of piperidine rings is 3. The second-order valence-corrected chi connectivity index (χ2v) is 8.18. The molecule has 0 spiro atoms. The van der Waals surface area contributed by atoms with Crippen LogP contribution in [0.15, 0.2) is 30.5 Å². The first kappa shape index (κ1) is 20.0. The summed E-state index contributed by atoms with van der Waals surface area (Å²) < 4.78 is 25.4. The lowest BCUT2D eigenvalue weighted by Crippen LogP contribution is -2.67. The third kappa shape index (κ3) is 3.46. The predicted octanol–water partition coefficient (Wildman–Crippen LogP) is 3.03. The Balaban J connectivity index is 1.76. The van der Waals surface area contributed by atoms with Gasteiger partial charge >= 0.3 is 5.97 Å². The number of ether oxygens (including phenoxy) is 2. The summed E-state index contributed by atoms with van der Waals surface area (Å²) in [5.41, 5.74) is 0.280. The van der Waals surface area contributed by atoms with Crippen LogP contribution in [0.25, 0.3) is 10.9 Å². The zero-order valence-electron chi connectivity index (χ0n) is 17.0. The van der Waals surface area contributed by atoms with Crippen molar-refractivity contribution in [1.29, 1.82) is 0 Å². The molecule has 3 fully saturated rings. The highest BCUT2D eigenvalue weighted by Crippen LogP contribution is 2.46. The molecular formula is C22H27FN2O4. The molecule has 29 heavy (non-hydrogen) atoms. The van der Waals surface area contributed by atoms with E-state index >= 15 is 0 Å². The number of rotatable bonds is 5. The molecule has 1 unspecified atom stereocenters. The van der Waals surface area contributed by atoms with Crippen molar-refractivity contribution >= 4 is 16.9 Å². The molecule has 3 aliphatic heterocycles. The Hall–Kier alpha value is -2.25. The number of fused-ring (bicyclic) bond motifs is 4. The Morgan fingerprint density at radius 3 is 2.83 bits per heavy atom. The molecule has 5 rings (SSSR count). The standard InChI is InChI=1S/C22H27FN2O4/c1-13(23)22(27)12-25-9-7-15(22)10-20(25)21(29-14(2)26)17-6-8-24-19-5-4-16(28-3)11-18(17)19/h4-6,8,11,13,15,20-21,27H,7,9-10,12H2,1-3H3/t13-,15-,20+,21+,22-/m0/s1. The lowest BCUT2D eigenvalue weighted by atomic mass is 9.69. The SMILES string of the molecule is COc1ccc2nccc([C@@H](OC(C)=O)[C@H]3C[C@@H]4CCN3C[C@]4(O)[C@H](C)F)c2c1. The second kappa shape index (κ2) is 7.54. The number of aliphatic hydroxyl groups is 1. The van der Waals surface area contributed by atoms with E-state index in [1.165, 1.54) is 13.8 Å². The number of esters is 1. The second-order valence-electron chi connectivity index (χ2n) is 8.18. The van der Waals surface area contributed by atoms with Crippen molar-refractivity contribution in [2.24, 2.45) is 5.92 Å². The molecule has 1 aromatic carbocycles. The molecule has 0 saturated carbocycles. The summed E-state index contributed by atoms with van der Waals surface area (Å²) in [4.78, 5) is 18.5. The molecule has 0 radical (unpaired) electrons. The van der Waals surface area contributed by atoms with Crippen molar-refractivity contribution in [3.63, 3.8) is 0 Å². The van der Waals surface area contributed by atoms with Gasteiger partial charge in [0.05, 0.1) is 18.7 Å². The number of pyridine rings is 1. The Morgan fingerprint density at radius 2 is 2.21 bits per heavy atom. The van der Waals surface area contributed by atoms with E-state index in [0.29, 0.717) is 12.2 Å². The molecule has 6 nitrogen and oxygen atoms in total. The summed E-state index contributed by atoms with van der Waals surface area (Å²) in [7, 11) is 1.60. The molecule has 4 heterocycles. The van der Waals surface area contributed by atoms with Crippen molar-refractivity contribution in [1.82, 2.24) is 9.88 Å². The van der Waals surface area contributed by atoms with Gasteiger partial charge in [0, 0.05) is 30.6 Å². The number of methoxy groups -OCH3 is 1. The van der Waals surface area contributed by atoms with E-state index in [1.54, 1.807) is 13.3 Å². The molecule has 3 aliphatic rings. The van der Waals surface area contributed by atoms with E-state index in [1.807, 2.05) is 24.3 Å². The number of carbonyl (C=O) groups excluding carboxylic acids is 1. The molecule has 3 saturated heterocycles. The molecule has 0 aliphatic carbocycles. The summed E-state index contributed by atoms with van der Waals surface area (Å²) in [6.45, 7) is 3.80. The van der Waals surface area contributed by atoms with Gasteiger partial charge in [0.25, 0.3) is 0 Å². The number of aromatic nitrogens is 1. The minimum absolute atomic E-state index is 0.131. The van der Waals surface area contributed by atoms with Gasteiger partial charge in [0.15, 0.2) is 0 Å². The van der Waals surface area contributed by atoms with Crippen LogP contribution >= 0.6 is 0 Å². The van der Waals surface area contributed by atoms with Gasteiger partial charge in [-0.3, -0.25) is 14.7 Å². The Kier molecular flexibility index (Phi) is 5.21. The Morgan fingerprint density at radius 1 is 1.41 bits per heavy atom. The third-order valence-corrected chi connectivity index (χ3v) is 6.54. The van der Waals surface area contributed by atoms with E-state index in [-0.39, 0.29) is 24.5 Å². The number of nitrogens with zero attached hydrogens (tertiary/aromatic N) is 2. The summed E-state index contributed by atoms with van der Waals surface area (Å²) in [5, 5.41) is 11.7. The average molecular weight is 402 g/mol. The van der Waals surface area contributed by atoms with E-state index in [2.05, 4.69) is 9.88 Å². The van der Waals surface area contributed by atoms with Crippen molar-refractivity contribution in [3.8, 4) is 5.75 Å². The van der Waals surface area contributed by atoms with Gasteiger partial charge in [0.2, 0.25) is 0 Å². The molecule has 7 heteroatoms. The Labute approximate surface area is 169 Å². The average Bonchev–Trinajstić information content (AvgIpc) is 2.71. The number of hydrogen-bond donors (Lipinski definition) is 1. The number of alkyl halides is 1. The molecular weight excluding hydrogens is 375 g/mol. The first-order chi connectivity index (χ1) is 13.8. The van der Waals surface area contributed by atoms with Crippen molar-refractivity contribution in [2.45, 2.75) is 50.6 Å². The zero-order chi connectivity index (χ0) is 20.8. The van der Waals surface area contributed by atoms with Gasteiger partial charge in [-0.15, -0.1) is 0 Å². The van der Waals surface area contributed by atoms with Crippen LogP contribution in [0.4, 0.5) is 4.39 Å². The highest BCUT2D eigenvalue weighted by Gasteiger charge is 2.54. The smallest absolute Gasteiger partial charge is 0.303 e. The summed E-state index contributed by atoms with van der Waals surface area (Å²) in [5.74, 6) is 0.150. The molecule has 2 bridgehead atoms. The normalized spacial score (nSPS) is 30.7. The quantitative estimate of drug-likeness (QED) is 0.775.